The first kappa shape index (κ1) is 8.80. The highest BCUT2D eigenvalue weighted by atomic mass is 35.5. The molecule has 0 bridgehead atoms. The van der Waals surface area contributed by atoms with Crippen LogP contribution in [0.5, 0.6) is 0 Å². The molecule has 2 aliphatic rings. The Hall–Kier alpha value is -0.480. The lowest BCUT2D eigenvalue weighted by Gasteiger charge is -2.08. The zero-order valence-electron chi connectivity index (χ0n) is 7.59. The molecule has 0 aromatic carbocycles. The maximum Gasteiger partial charge on any atom is 0.224 e. The minimum Gasteiger partial charge on any atom is -0.366 e. The topological polar surface area (TPSA) is 37.8 Å². The Kier molecular flexibility index (Phi) is 2.06. The van der Waals surface area contributed by atoms with Crippen molar-refractivity contribution in [3.05, 3.63) is 11.0 Å². The third-order valence-electron chi connectivity index (χ3n) is 2.41. The van der Waals surface area contributed by atoms with Crippen LogP contribution in [0, 0.1) is 0 Å². The lowest BCUT2D eigenvalue weighted by atomic mass is 10.3. The van der Waals surface area contributed by atoms with Gasteiger partial charge in [0.05, 0.1) is 10.6 Å². The molecule has 3 nitrogen and oxygen atoms in total. The number of anilines is 1. The van der Waals surface area contributed by atoms with Crippen molar-refractivity contribution >= 4 is 29.2 Å². The van der Waals surface area contributed by atoms with Gasteiger partial charge in [0.15, 0.2) is 0 Å². The molecule has 14 heavy (non-hydrogen) atoms. The third-order valence-corrected chi connectivity index (χ3v) is 3.71. The predicted molar refractivity (Wildman–Crippen MR) is 58.1 cm³/mol. The van der Waals surface area contributed by atoms with E-state index in [1.807, 2.05) is 11.8 Å². The molecule has 0 radical (unpaired) electrons. The van der Waals surface area contributed by atoms with Gasteiger partial charge in [-0.3, -0.25) is 0 Å². The normalized spacial score (nSPS) is 19.5. The highest BCUT2D eigenvalue weighted by molar-refractivity contribution is 7.99. The second-order valence-corrected chi connectivity index (χ2v) is 5.08. The predicted octanol–water partition coefficient (Wildman–Crippen LogP) is 2.35. The van der Waals surface area contributed by atoms with E-state index in [0.717, 1.165) is 23.7 Å². The summed E-state index contributed by atoms with van der Waals surface area (Å²) in [5.74, 6) is 2.05. The number of hydrogen-bond acceptors (Lipinski definition) is 4. The average Bonchev–Trinajstić information content (AvgIpc) is 2.81. The monoisotopic (exact) mass is 227 g/mol. The molecule has 5 heteroatoms. The first-order chi connectivity index (χ1) is 6.83. The molecule has 0 spiro atoms. The molecule has 1 N–H and O–H groups in total. The van der Waals surface area contributed by atoms with Gasteiger partial charge in [0.1, 0.15) is 5.82 Å². The summed E-state index contributed by atoms with van der Waals surface area (Å²) in [6.45, 7) is 0. The standard InChI is InChI=1S/C9H10ClN3S/c10-9-12-6-3-4-14-7(6)8(13-9)11-5-1-2-5/h5H,1-4H2,(H,11,12,13). The van der Waals surface area contributed by atoms with E-state index in [2.05, 4.69) is 15.3 Å². The molecule has 0 atom stereocenters. The van der Waals surface area contributed by atoms with Gasteiger partial charge in [0.25, 0.3) is 0 Å². The highest BCUT2D eigenvalue weighted by Gasteiger charge is 2.26. The van der Waals surface area contributed by atoms with Crippen molar-refractivity contribution in [2.75, 3.05) is 11.1 Å². The Morgan fingerprint density at radius 3 is 3.00 bits per heavy atom. The second kappa shape index (κ2) is 3.28. The molecule has 0 unspecified atom stereocenters. The van der Waals surface area contributed by atoms with E-state index in [1.54, 1.807) is 0 Å². The van der Waals surface area contributed by atoms with Crippen LogP contribution in [0.1, 0.15) is 18.5 Å². The molecule has 1 aromatic heterocycles. The van der Waals surface area contributed by atoms with Gasteiger partial charge in [0.2, 0.25) is 5.28 Å². The quantitative estimate of drug-likeness (QED) is 0.788. The van der Waals surface area contributed by atoms with Crippen LogP contribution in [-0.2, 0) is 6.42 Å². The van der Waals surface area contributed by atoms with Crippen molar-refractivity contribution in [2.24, 2.45) is 0 Å². The van der Waals surface area contributed by atoms with Crippen molar-refractivity contribution in [3.63, 3.8) is 0 Å². The maximum atomic E-state index is 5.86. The van der Waals surface area contributed by atoms with Crippen LogP contribution in [0.4, 0.5) is 5.82 Å². The van der Waals surface area contributed by atoms with Gasteiger partial charge in [-0.05, 0) is 24.4 Å². The summed E-state index contributed by atoms with van der Waals surface area (Å²) in [5.41, 5.74) is 1.11. The zero-order chi connectivity index (χ0) is 9.54. The van der Waals surface area contributed by atoms with E-state index >= 15 is 0 Å². The molecule has 2 heterocycles. The number of aryl methyl sites for hydroxylation is 1. The molecule has 3 rings (SSSR count). The van der Waals surface area contributed by atoms with Gasteiger partial charge in [-0.2, -0.15) is 4.98 Å². The second-order valence-electron chi connectivity index (χ2n) is 3.63. The Morgan fingerprint density at radius 1 is 1.36 bits per heavy atom. The van der Waals surface area contributed by atoms with Crippen LogP contribution in [0.15, 0.2) is 4.90 Å². The number of thioether (sulfide) groups is 1. The van der Waals surface area contributed by atoms with Crippen LogP contribution in [0.3, 0.4) is 0 Å². The van der Waals surface area contributed by atoms with Gasteiger partial charge >= 0.3 is 0 Å². The van der Waals surface area contributed by atoms with Crippen molar-refractivity contribution < 1.29 is 0 Å². The van der Waals surface area contributed by atoms with E-state index in [-0.39, 0.29) is 0 Å². The summed E-state index contributed by atoms with van der Waals surface area (Å²) >= 11 is 7.69. The van der Waals surface area contributed by atoms with Crippen LogP contribution in [0.25, 0.3) is 0 Å². The minimum atomic E-state index is 0.370. The summed E-state index contributed by atoms with van der Waals surface area (Å²) in [6.07, 6.45) is 3.52. The van der Waals surface area contributed by atoms with Crippen LogP contribution in [0.2, 0.25) is 5.28 Å². The fourth-order valence-electron chi connectivity index (χ4n) is 1.56. The molecule has 1 fully saturated rings. The molecule has 1 aliphatic carbocycles. The Labute approximate surface area is 91.7 Å². The lowest BCUT2D eigenvalue weighted by Crippen LogP contribution is -2.06. The number of nitrogens with one attached hydrogen (secondary N) is 1. The number of fused-ring (bicyclic) bond motifs is 1. The molecule has 1 aromatic rings. The molecule has 1 saturated carbocycles. The van der Waals surface area contributed by atoms with Gasteiger partial charge in [0, 0.05) is 18.2 Å². The van der Waals surface area contributed by atoms with E-state index in [0.29, 0.717) is 11.3 Å². The van der Waals surface area contributed by atoms with Gasteiger partial charge in [-0.15, -0.1) is 11.8 Å². The number of hydrogen-bond donors (Lipinski definition) is 1. The van der Waals surface area contributed by atoms with E-state index in [9.17, 15) is 0 Å². The van der Waals surface area contributed by atoms with E-state index in [4.69, 9.17) is 11.6 Å². The molecule has 0 amide bonds. The molecule has 0 saturated heterocycles. The first-order valence-corrected chi connectivity index (χ1v) is 6.15. The maximum absolute atomic E-state index is 5.86. The average molecular weight is 228 g/mol. The van der Waals surface area contributed by atoms with E-state index < -0.39 is 0 Å². The fraction of sp³-hybridized carbons (Fsp3) is 0.556. The van der Waals surface area contributed by atoms with Gasteiger partial charge in [-0.25, -0.2) is 4.98 Å². The van der Waals surface area contributed by atoms with Crippen LogP contribution in [-0.4, -0.2) is 21.8 Å². The summed E-state index contributed by atoms with van der Waals surface area (Å²) < 4.78 is 0. The molecular formula is C9H10ClN3S. The SMILES string of the molecule is Clc1nc2c(c(NC3CC3)n1)SCC2. The van der Waals surface area contributed by atoms with Crippen molar-refractivity contribution in [2.45, 2.75) is 30.2 Å². The molecule has 1 aliphatic heterocycles. The van der Waals surface area contributed by atoms with Gasteiger partial charge in [-0.1, -0.05) is 0 Å². The third kappa shape index (κ3) is 1.57. The van der Waals surface area contributed by atoms with Gasteiger partial charge < -0.3 is 5.32 Å². The molecule has 74 valence electrons. The number of aromatic nitrogens is 2. The number of rotatable bonds is 2. The smallest absolute Gasteiger partial charge is 0.224 e. The van der Waals surface area contributed by atoms with Crippen LogP contribution >= 0.6 is 23.4 Å². The Balaban J connectivity index is 1.99. The minimum absolute atomic E-state index is 0.370. The number of nitrogens with zero attached hydrogens (tertiary/aromatic N) is 2. The summed E-state index contributed by atoms with van der Waals surface area (Å²) in [6, 6.07) is 0.617. The highest BCUT2D eigenvalue weighted by Crippen LogP contribution is 2.37. The van der Waals surface area contributed by atoms with Crippen molar-refractivity contribution in [3.8, 4) is 0 Å². The van der Waals surface area contributed by atoms with Crippen molar-refractivity contribution in [1.82, 2.24) is 9.97 Å². The summed E-state index contributed by atoms with van der Waals surface area (Å²) in [7, 11) is 0. The first-order valence-electron chi connectivity index (χ1n) is 4.78. The fourth-order valence-corrected chi connectivity index (χ4v) is 2.80. The Morgan fingerprint density at radius 2 is 2.21 bits per heavy atom. The van der Waals surface area contributed by atoms with Crippen molar-refractivity contribution in [1.29, 1.82) is 0 Å². The van der Waals surface area contributed by atoms with E-state index in [1.165, 1.54) is 17.7 Å². The summed E-state index contributed by atoms with van der Waals surface area (Å²) in [5, 5.41) is 3.77. The Bertz CT molecular complexity index is 379. The lowest BCUT2D eigenvalue weighted by molar-refractivity contribution is 0.961. The number of halogens is 1. The largest absolute Gasteiger partial charge is 0.366 e. The van der Waals surface area contributed by atoms with Crippen LogP contribution < -0.4 is 5.32 Å². The zero-order valence-corrected chi connectivity index (χ0v) is 9.16. The summed E-state index contributed by atoms with van der Waals surface area (Å²) in [4.78, 5) is 9.69. The molecular weight excluding hydrogens is 218 g/mol.